The third-order valence-electron chi connectivity index (χ3n) is 7.50. The molecule has 0 aliphatic carbocycles. The topological polar surface area (TPSA) is 24.4 Å². The van der Waals surface area contributed by atoms with Gasteiger partial charge in [-0.25, -0.2) is 4.99 Å². The molecule has 37 heavy (non-hydrogen) atoms. The lowest BCUT2D eigenvalue weighted by Crippen LogP contribution is -2.25. The second-order valence-corrected chi connectivity index (χ2v) is 10.7. The smallest absolute Gasteiger partial charge is 0.0947 e. The van der Waals surface area contributed by atoms with Gasteiger partial charge in [0.2, 0.25) is 0 Å². The van der Waals surface area contributed by atoms with Crippen LogP contribution in [-0.4, -0.2) is 5.71 Å². The van der Waals surface area contributed by atoms with E-state index in [2.05, 4.69) is 127 Å². The number of aliphatic imine (C=N–C) groups is 1. The van der Waals surface area contributed by atoms with Crippen molar-refractivity contribution < 1.29 is 0 Å². The van der Waals surface area contributed by atoms with Crippen LogP contribution in [0.15, 0.2) is 126 Å². The lowest BCUT2D eigenvalue weighted by molar-refractivity contribution is 1.02. The molecule has 1 unspecified atom stereocenters. The Kier molecular flexibility index (Phi) is 4.49. The van der Waals surface area contributed by atoms with E-state index in [1.54, 1.807) is 0 Å². The zero-order valence-electron chi connectivity index (χ0n) is 20.0. The van der Waals surface area contributed by atoms with Crippen LogP contribution in [0.2, 0.25) is 0 Å². The average molecular weight is 491 g/mol. The molecule has 2 heterocycles. The molecule has 2 nitrogen and oxygen atoms in total. The van der Waals surface area contributed by atoms with Gasteiger partial charge in [-0.3, -0.25) is 0 Å². The van der Waals surface area contributed by atoms with Gasteiger partial charge in [0, 0.05) is 30.9 Å². The Hall–Kier alpha value is -4.47. The molecule has 1 N–H and O–H groups in total. The molecule has 0 fully saturated rings. The minimum atomic E-state index is -0.0430. The molecule has 8 rings (SSSR count). The third-order valence-corrected chi connectivity index (χ3v) is 8.72. The Labute approximate surface area is 218 Å². The van der Waals surface area contributed by atoms with Crippen molar-refractivity contribution in [2.45, 2.75) is 6.04 Å². The van der Waals surface area contributed by atoms with Gasteiger partial charge in [0.05, 0.1) is 23.1 Å². The summed E-state index contributed by atoms with van der Waals surface area (Å²) in [6.45, 7) is 0. The van der Waals surface area contributed by atoms with E-state index >= 15 is 0 Å². The number of nitrogens with one attached hydrogen (secondary N) is 1. The Balaban J connectivity index is 1.38. The monoisotopic (exact) mass is 490 g/mol. The minimum Gasteiger partial charge on any atom is -0.370 e. The van der Waals surface area contributed by atoms with E-state index in [4.69, 9.17) is 4.99 Å². The molecule has 0 spiro atoms. The van der Waals surface area contributed by atoms with Crippen LogP contribution in [0.25, 0.3) is 41.7 Å². The highest BCUT2D eigenvalue weighted by molar-refractivity contribution is 7.26. The van der Waals surface area contributed by atoms with E-state index in [-0.39, 0.29) is 6.04 Å². The number of hydrogen-bond acceptors (Lipinski definition) is 3. The first kappa shape index (κ1) is 20.7. The fourth-order valence-electron chi connectivity index (χ4n) is 5.69. The number of nitrogens with zero attached hydrogens (tertiary/aromatic N) is 1. The Bertz CT molecular complexity index is 2020. The van der Waals surface area contributed by atoms with Crippen molar-refractivity contribution in [2.75, 3.05) is 5.32 Å². The highest BCUT2D eigenvalue weighted by Gasteiger charge is 2.27. The van der Waals surface area contributed by atoms with Crippen molar-refractivity contribution in [2.24, 2.45) is 4.99 Å². The van der Waals surface area contributed by atoms with Gasteiger partial charge in [0.25, 0.3) is 0 Å². The number of rotatable bonds is 2. The number of hydrogen-bond donors (Lipinski definition) is 1. The second kappa shape index (κ2) is 8.02. The third kappa shape index (κ3) is 3.21. The van der Waals surface area contributed by atoms with E-state index in [1.807, 2.05) is 11.3 Å². The summed E-state index contributed by atoms with van der Waals surface area (Å²) in [4.78, 5) is 5.31. The summed E-state index contributed by atoms with van der Waals surface area (Å²) in [5.41, 5.74) is 5.50. The highest BCUT2D eigenvalue weighted by Crippen LogP contribution is 2.43. The molecule has 0 bridgehead atoms. The molecule has 7 aromatic rings. The van der Waals surface area contributed by atoms with Crippen LogP contribution in [0.4, 0.5) is 11.4 Å². The van der Waals surface area contributed by atoms with Crippen molar-refractivity contribution in [1.29, 1.82) is 0 Å². The predicted octanol–water partition coefficient (Wildman–Crippen LogP) is 9.65. The van der Waals surface area contributed by atoms with Crippen LogP contribution >= 0.6 is 11.3 Å². The summed E-state index contributed by atoms with van der Waals surface area (Å²) in [5.74, 6) is 0. The number of anilines is 1. The summed E-state index contributed by atoms with van der Waals surface area (Å²) in [7, 11) is 0. The molecule has 3 heteroatoms. The van der Waals surface area contributed by atoms with Crippen LogP contribution in [-0.2, 0) is 0 Å². The summed E-state index contributed by atoms with van der Waals surface area (Å²) < 4.78 is 2.67. The number of thiophene rings is 1. The van der Waals surface area contributed by atoms with Crippen LogP contribution in [0, 0.1) is 0 Å². The first-order valence-corrected chi connectivity index (χ1v) is 13.4. The molecule has 0 amide bonds. The van der Waals surface area contributed by atoms with Gasteiger partial charge in [0.15, 0.2) is 0 Å². The van der Waals surface area contributed by atoms with Crippen LogP contribution in [0.5, 0.6) is 0 Å². The zero-order chi connectivity index (χ0) is 24.3. The van der Waals surface area contributed by atoms with Crippen LogP contribution < -0.4 is 5.32 Å². The SMILES string of the molecule is c1ccc(C2Nc3c(ccc4ccccc34)N=C2c2ccc3ccc4c5ccccc5sc4c3c2)cc1. The molecule has 1 aliphatic heterocycles. The number of benzene rings is 6. The zero-order valence-corrected chi connectivity index (χ0v) is 20.8. The van der Waals surface area contributed by atoms with Crippen molar-refractivity contribution in [3.8, 4) is 0 Å². The average Bonchev–Trinajstić information content (AvgIpc) is 3.36. The summed E-state index contributed by atoms with van der Waals surface area (Å²) >= 11 is 1.88. The van der Waals surface area contributed by atoms with E-state index in [0.29, 0.717) is 0 Å². The van der Waals surface area contributed by atoms with Crippen LogP contribution in [0.1, 0.15) is 17.2 Å². The first-order valence-electron chi connectivity index (χ1n) is 12.6. The largest absolute Gasteiger partial charge is 0.370 e. The predicted molar refractivity (Wildman–Crippen MR) is 160 cm³/mol. The van der Waals surface area contributed by atoms with Crippen molar-refractivity contribution in [1.82, 2.24) is 0 Å². The standard InChI is InChI=1S/C34H22N2S/c1-2-9-23(10-3-1)31-32(35-29-19-17-21-8-4-5-11-25(21)33(29)36-31)24-15-14-22-16-18-27-26-12-6-7-13-30(26)37-34(27)28(22)20-24/h1-20,31,36H. The van der Waals surface area contributed by atoms with E-state index in [9.17, 15) is 0 Å². The van der Waals surface area contributed by atoms with Gasteiger partial charge in [-0.05, 0) is 40.1 Å². The van der Waals surface area contributed by atoms with Gasteiger partial charge in [-0.1, -0.05) is 103 Å². The molecular formula is C34H22N2S. The van der Waals surface area contributed by atoms with E-state index in [1.165, 1.54) is 47.3 Å². The Morgan fingerprint density at radius 3 is 2.24 bits per heavy atom. The maximum Gasteiger partial charge on any atom is 0.0947 e. The maximum atomic E-state index is 5.31. The summed E-state index contributed by atoms with van der Waals surface area (Å²) in [6, 6.07) is 43.5. The lowest BCUT2D eigenvalue weighted by atomic mass is 9.92. The number of fused-ring (bicyclic) bond motifs is 8. The summed E-state index contributed by atoms with van der Waals surface area (Å²) in [6.07, 6.45) is 0. The quantitative estimate of drug-likeness (QED) is 0.256. The van der Waals surface area contributed by atoms with E-state index in [0.717, 1.165) is 22.6 Å². The molecular weight excluding hydrogens is 468 g/mol. The van der Waals surface area contributed by atoms with Crippen molar-refractivity contribution in [3.05, 3.63) is 132 Å². The van der Waals surface area contributed by atoms with Gasteiger partial charge < -0.3 is 5.32 Å². The highest BCUT2D eigenvalue weighted by atomic mass is 32.1. The minimum absolute atomic E-state index is 0.0430. The molecule has 6 aromatic carbocycles. The lowest BCUT2D eigenvalue weighted by Gasteiger charge is -2.29. The normalized spacial score (nSPS) is 15.1. The van der Waals surface area contributed by atoms with Gasteiger partial charge in [0.1, 0.15) is 0 Å². The van der Waals surface area contributed by atoms with Crippen LogP contribution in [0.3, 0.4) is 0 Å². The molecule has 0 saturated carbocycles. The fraction of sp³-hybridized carbons (Fsp3) is 0.0294. The Morgan fingerprint density at radius 1 is 0.595 bits per heavy atom. The van der Waals surface area contributed by atoms with E-state index < -0.39 is 0 Å². The van der Waals surface area contributed by atoms with Gasteiger partial charge >= 0.3 is 0 Å². The van der Waals surface area contributed by atoms with Gasteiger partial charge in [-0.2, -0.15) is 0 Å². The molecule has 1 aromatic heterocycles. The second-order valence-electron chi connectivity index (χ2n) is 9.64. The van der Waals surface area contributed by atoms with Crippen molar-refractivity contribution >= 4 is 70.1 Å². The Morgan fingerprint density at radius 2 is 1.32 bits per heavy atom. The van der Waals surface area contributed by atoms with Gasteiger partial charge in [-0.15, -0.1) is 11.3 Å². The molecule has 0 saturated heterocycles. The molecule has 174 valence electrons. The molecule has 0 radical (unpaired) electrons. The molecule has 1 aliphatic rings. The maximum absolute atomic E-state index is 5.31. The van der Waals surface area contributed by atoms with Crippen molar-refractivity contribution in [3.63, 3.8) is 0 Å². The fourth-order valence-corrected chi connectivity index (χ4v) is 6.92. The summed E-state index contributed by atoms with van der Waals surface area (Å²) in [5, 5.41) is 11.5. The molecule has 1 atom stereocenters. The first-order chi connectivity index (χ1) is 18.3.